The van der Waals surface area contributed by atoms with Crippen LogP contribution in [-0.2, 0) is 0 Å². The third kappa shape index (κ3) is 2.82. The first-order valence-electron chi connectivity index (χ1n) is 5.42. The molecule has 2 aromatic carbocycles. The molecule has 0 fully saturated rings. The van der Waals surface area contributed by atoms with Gasteiger partial charge >= 0.3 is 0 Å². The topological polar surface area (TPSA) is 57.5 Å². The van der Waals surface area contributed by atoms with E-state index in [-0.39, 0.29) is 22.8 Å². The molecule has 0 unspecified atom stereocenters. The number of ketones is 1. The zero-order valence-corrected chi connectivity index (χ0v) is 13.1. The van der Waals surface area contributed by atoms with Crippen molar-refractivity contribution in [3.8, 4) is 11.5 Å². The molecule has 0 aliphatic rings. The molecule has 0 saturated carbocycles. The van der Waals surface area contributed by atoms with Gasteiger partial charge in [-0.05, 0) is 42.8 Å². The van der Waals surface area contributed by atoms with Crippen LogP contribution < -0.4 is 0 Å². The Morgan fingerprint density at radius 2 is 1.68 bits per heavy atom. The van der Waals surface area contributed by atoms with E-state index in [0.29, 0.717) is 20.1 Å². The van der Waals surface area contributed by atoms with Crippen molar-refractivity contribution in [1.82, 2.24) is 0 Å². The van der Waals surface area contributed by atoms with Gasteiger partial charge in [-0.2, -0.15) is 0 Å². The van der Waals surface area contributed by atoms with Gasteiger partial charge in [0.15, 0.2) is 5.78 Å². The van der Waals surface area contributed by atoms with Crippen molar-refractivity contribution < 1.29 is 15.0 Å². The van der Waals surface area contributed by atoms with Crippen molar-refractivity contribution in [2.75, 3.05) is 0 Å². The second kappa shape index (κ2) is 5.35. The monoisotopic (exact) mass is 384 g/mol. The Kier molecular flexibility index (Phi) is 3.96. The first kappa shape index (κ1) is 14.1. The van der Waals surface area contributed by atoms with Crippen LogP contribution in [0.15, 0.2) is 39.3 Å². The Balaban J connectivity index is 2.56. The van der Waals surface area contributed by atoms with E-state index in [1.54, 1.807) is 25.1 Å². The summed E-state index contributed by atoms with van der Waals surface area (Å²) in [6.07, 6.45) is 0. The molecule has 0 heterocycles. The minimum Gasteiger partial charge on any atom is -0.508 e. The molecular formula is C14H10Br2O3. The molecule has 0 radical (unpaired) electrons. The summed E-state index contributed by atoms with van der Waals surface area (Å²) in [6, 6.07) is 7.69. The van der Waals surface area contributed by atoms with Crippen molar-refractivity contribution in [2.24, 2.45) is 0 Å². The average Bonchev–Trinajstić information content (AvgIpc) is 2.36. The van der Waals surface area contributed by atoms with E-state index in [1.807, 2.05) is 0 Å². The zero-order valence-electron chi connectivity index (χ0n) is 9.95. The predicted octanol–water partition coefficient (Wildman–Crippen LogP) is 4.16. The normalized spacial score (nSPS) is 10.5. The van der Waals surface area contributed by atoms with E-state index in [2.05, 4.69) is 31.9 Å². The third-order valence-corrected chi connectivity index (χ3v) is 3.88. The van der Waals surface area contributed by atoms with Crippen molar-refractivity contribution >= 4 is 37.6 Å². The van der Waals surface area contributed by atoms with Crippen molar-refractivity contribution in [2.45, 2.75) is 6.92 Å². The van der Waals surface area contributed by atoms with Gasteiger partial charge < -0.3 is 10.2 Å². The first-order valence-corrected chi connectivity index (χ1v) is 7.01. The highest BCUT2D eigenvalue weighted by molar-refractivity contribution is 9.10. The Bertz CT molecular complexity index is 666. The van der Waals surface area contributed by atoms with Gasteiger partial charge in [0, 0.05) is 14.5 Å². The van der Waals surface area contributed by atoms with Crippen LogP contribution in [0.4, 0.5) is 0 Å². The summed E-state index contributed by atoms with van der Waals surface area (Å²) in [5, 5.41) is 19.5. The molecule has 3 nitrogen and oxygen atoms in total. The van der Waals surface area contributed by atoms with E-state index in [4.69, 9.17) is 0 Å². The fraction of sp³-hybridized carbons (Fsp3) is 0.0714. The molecule has 0 saturated heterocycles. The van der Waals surface area contributed by atoms with E-state index in [1.165, 1.54) is 12.1 Å². The highest BCUT2D eigenvalue weighted by Crippen LogP contribution is 2.31. The lowest BCUT2D eigenvalue weighted by Gasteiger charge is -2.08. The molecule has 0 bridgehead atoms. The van der Waals surface area contributed by atoms with Crippen molar-refractivity contribution in [3.63, 3.8) is 0 Å². The number of benzene rings is 2. The van der Waals surface area contributed by atoms with E-state index >= 15 is 0 Å². The quantitative estimate of drug-likeness (QED) is 0.763. The number of halogens is 2. The SMILES string of the molecule is Cc1cc(Br)c(C(=O)c2cc(Br)ccc2O)cc1O. The average molecular weight is 386 g/mol. The number of rotatable bonds is 2. The van der Waals surface area contributed by atoms with Crippen LogP contribution in [0.25, 0.3) is 0 Å². The fourth-order valence-corrected chi connectivity index (χ4v) is 2.67. The highest BCUT2D eigenvalue weighted by atomic mass is 79.9. The van der Waals surface area contributed by atoms with Gasteiger partial charge in [-0.3, -0.25) is 4.79 Å². The molecule has 2 rings (SSSR count). The molecule has 19 heavy (non-hydrogen) atoms. The van der Waals surface area contributed by atoms with Crippen LogP contribution in [0, 0.1) is 6.92 Å². The van der Waals surface area contributed by atoms with Crippen LogP contribution in [0.3, 0.4) is 0 Å². The molecule has 0 aliphatic heterocycles. The van der Waals surface area contributed by atoms with Crippen molar-refractivity contribution in [1.29, 1.82) is 0 Å². The number of hydrogen-bond donors (Lipinski definition) is 2. The molecule has 0 amide bonds. The maximum absolute atomic E-state index is 12.4. The molecular weight excluding hydrogens is 376 g/mol. The molecule has 2 N–H and O–H groups in total. The van der Waals surface area contributed by atoms with Gasteiger partial charge in [0.25, 0.3) is 0 Å². The predicted molar refractivity (Wildman–Crippen MR) is 79.8 cm³/mol. The van der Waals surface area contributed by atoms with Crippen LogP contribution in [0.1, 0.15) is 21.5 Å². The van der Waals surface area contributed by atoms with E-state index in [9.17, 15) is 15.0 Å². The zero-order chi connectivity index (χ0) is 14.2. The third-order valence-electron chi connectivity index (χ3n) is 2.73. The Morgan fingerprint density at radius 3 is 2.37 bits per heavy atom. The number of phenolic OH excluding ortho intramolecular Hbond substituents is 2. The second-order valence-electron chi connectivity index (χ2n) is 4.11. The molecule has 0 spiro atoms. The fourth-order valence-electron chi connectivity index (χ4n) is 1.67. The minimum atomic E-state index is -0.360. The molecule has 5 heteroatoms. The molecule has 98 valence electrons. The number of aromatic hydroxyl groups is 2. The Hall–Kier alpha value is -1.33. The van der Waals surface area contributed by atoms with Gasteiger partial charge in [0.1, 0.15) is 11.5 Å². The summed E-state index contributed by atoms with van der Waals surface area (Å²) in [5.74, 6) is -0.415. The maximum Gasteiger partial charge on any atom is 0.198 e. The van der Waals surface area contributed by atoms with Gasteiger partial charge in [-0.25, -0.2) is 0 Å². The lowest BCUT2D eigenvalue weighted by molar-refractivity contribution is 0.103. The Labute approximate surface area is 127 Å². The molecule has 0 aliphatic carbocycles. The van der Waals surface area contributed by atoms with Crippen LogP contribution in [0.2, 0.25) is 0 Å². The first-order chi connectivity index (χ1) is 8.90. The number of carbonyl (C=O) groups excluding carboxylic acids is 1. The number of carbonyl (C=O) groups is 1. The van der Waals surface area contributed by atoms with E-state index in [0.717, 1.165) is 0 Å². The summed E-state index contributed by atoms with van der Waals surface area (Å²) in [7, 11) is 0. The van der Waals surface area contributed by atoms with Gasteiger partial charge in [-0.15, -0.1) is 0 Å². The van der Waals surface area contributed by atoms with Gasteiger partial charge in [-0.1, -0.05) is 31.9 Å². The summed E-state index contributed by atoms with van der Waals surface area (Å²) in [5.41, 5.74) is 1.15. The molecule has 0 aromatic heterocycles. The Morgan fingerprint density at radius 1 is 1.00 bits per heavy atom. The van der Waals surface area contributed by atoms with Crippen molar-refractivity contribution in [3.05, 3.63) is 56.0 Å². The maximum atomic E-state index is 12.4. The van der Waals surface area contributed by atoms with Crippen LogP contribution >= 0.6 is 31.9 Å². The van der Waals surface area contributed by atoms with Gasteiger partial charge in [0.05, 0.1) is 5.56 Å². The molecule has 2 aromatic rings. The smallest absolute Gasteiger partial charge is 0.198 e. The van der Waals surface area contributed by atoms with Crippen LogP contribution in [-0.4, -0.2) is 16.0 Å². The summed E-state index contributed by atoms with van der Waals surface area (Å²) in [4.78, 5) is 12.4. The van der Waals surface area contributed by atoms with E-state index < -0.39 is 0 Å². The number of phenols is 2. The standard InChI is InChI=1S/C14H10Br2O3/c1-7-4-11(16)9(6-13(7)18)14(19)10-5-8(15)2-3-12(10)17/h2-6,17-18H,1H3. The summed E-state index contributed by atoms with van der Waals surface area (Å²) < 4.78 is 1.27. The highest BCUT2D eigenvalue weighted by Gasteiger charge is 2.18. The number of hydrogen-bond acceptors (Lipinski definition) is 3. The molecule has 0 atom stereocenters. The van der Waals surface area contributed by atoms with Crippen LogP contribution in [0.5, 0.6) is 11.5 Å². The largest absolute Gasteiger partial charge is 0.508 e. The second-order valence-corrected chi connectivity index (χ2v) is 5.88. The lowest BCUT2D eigenvalue weighted by Crippen LogP contribution is -2.03. The summed E-state index contributed by atoms with van der Waals surface area (Å²) in [6.45, 7) is 1.74. The minimum absolute atomic E-state index is 0.0426. The summed E-state index contributed by atoms with van der Waals surface area (Å²) >= 11 is 6.55. The lowest BCUT2D eigenvalue weighted by atomic mass is 10.0. The van der Waals surface area contributed by atoms with Gasteiger partial charge in [0.2, 0.25) is 0 Å². The number of aryl methyl sites for hydroxylation is 1.